The average molecular weight is 178 g/mol. The van der Waals surface area contributed by atoms with E-state index in [2.05, 4.69) is 29.0 Å². The summed E-state index contributed by atoms with van der Waals surface area (Å²) in [6.45, 7) is 6.12. The standard InChI is InChI=1S/C9H12N2.C2H6/c1-2-9-10-7-5-3-4-6-8(7)11-9;1-2/h5-6H,2-4H2,1H3,(H,10,11);1-2H3. The monoisotopic (exact) mass is 178 g/mol. The van der Waals surface area contributed by atoms with Crippen molar-refractivity contribution in [2.75, 3.05) is 0 Å². The Morgan fingerprint density at radius 2 is 2.00 bits per heavy atom. The molecule has 0 unspecified atom stereocenters. The Kier molecular flexibility index (Phi) is 3.74. The van der Waals surface area contributed by atoms with Crippen molar-refractivity contribution >= 4 is 12.2 Å². The van der Waals surface area contributed by atoms with Gasteiger partial charge in [0.1, 0.15) is 5.82 Å². The highest BCUT2D eigenvalue weighted by Gasteiger charge is 1.98. The van der Waals surface area contributed by atoms with E-state index >= 15 is 0 Å². The molecule has 0 atom stereocenters. The summed E-state index contributed by atoms with van der Waals surface area (Å²) in [5.74, 6) is 1.10. The van der Waals surface area contributed by atoms with Gasteiger partial charge in [0.25, 0.3) is 0 Å². The van der Waals surface area contributed by atoms with Crippen LogP contribution in [-0.2, 0) is 6.42 Å². The van der Waals surface area contributed by atoms with E-state index in [0.29, 0.717) is 0 Å². The van der Waals surface area contributed by atoms with E-state index in [1.165, 1.54) is 5.35 Å². The largest absolute Gasteiger partial charge is 0.342 e. The van der Waals surface area contributed by atoms with Gasteiger partial charge in [0.15, 0.2) is 0 Å². The molecule has 1 aliphatic carbocycles. The SMILES string of the molecule is CC.CCc1nc2c([nH]1)=CCCC=2. The molecule has 1 N–H and O–H groups in total. The number of aromatic amines is 1. The Balaban J connectivity index is 0.000000396. The van der Waals surface area contributed by atoms with Gasteiger partial charge in [-0.2, -0.15) is 0 Å². The molecule has 1 heterocycles. The molecule has 0 fully saturated rings. The molecule has 1 aromatic heterocycles. The van der Waals surface area contributed by atoms with Gasteiger partial charge >= 0.3 is 0 Å². The van der Waals surface area contributed by atoms with Crippen molar-refractivity contribution < 1.29 is 0 Å². The Morgan fingerprint density at radius 1 is 1.31 bits per heavy atom. The maximum absolute atomic E-state index is 4.43. The number of H-pyrrole nitrogens is 1. The topological polar surface area (TPSA) is 28.7 Å². The number of aromatic nitrogens is 2. The minimum Gasteiger partial charge on any atom is -0.342 e. The van der Waals surface area contributed by atoms with Crippen LogP contribution in [0.5, 0.6) is 0 Å². The van der Waals surface area contributed by atoms with E-state index in [1.54, 1.807) is 0 Å². The zero-order valence-corrected chi connectivity index (χ0v) is 8.72. The maximum Gasteiger partial charge on any atom is 0.106 e. The van der Waals surface area contributed by atoms with Gasteiger partial charge in [0, 0.05) is 6.42 Å². The highest BCUT2D eigenvalue weighted by atomic mass is 14.9. The fourth-order valence-corrected chi connectivity index (χ4v) is 1.38. The molecule has 0 spiro atoms. The Morgan fingerprint density at radius 3 is 2.62 bits per heavy atom. The van der Waals surface area contributed by atoms with Gasteiger partial charge in [-0.15, -0.1) is 0 Å². The number of imidazole rings is 1. The van der Waals surface area contributed by atoms with Crippen LogP contribution in [-0.4, -0.2) is 9.97 Å². The summed E-state index contributed by atoms with van der Waals surface area (Å²) < 4.78 is 0. The molecule has 2 rings (SSSR count). The summed E-state index contributed by atoms with van der Waals surface area (Å²) in [5, 5.41) is 2.36. The summed E-state index contributed by atoms with van der Waals surface area (Å²) in [6.07, 6.45) is 7.71. The Hall–Kier alpha value is -1.05. The van der Waals surface area contributed by atoms with Crippen LogP contribution in [0.4, 0.5) is 0 Å². The summed E-state index contributed by atoms with van der Waals surface area (Å²) in [7, 11) is 0. The van der Waals surface area contributed by atoms with Crippen LogP contribution in [0.25, 0.3) is 12.2 Å². The van der Waals surface area contributed by atoms with Crippen molar-refractivity contribution in [3.63, 3.8) is 0 Å². The molecule has 2 heteroatoms. The van der Waals surface area contributed by atoms with Crippen LogP contribution >= 0.6 is 0 Å². The van der Waals surface area contributed by atoms with Crippen LogP contribution in [0, 0.1) is 0 Å². The number of rotatable bonds is 1. The summed E-state index contributed by atoms with van der Waals surface area (Å²) in [4.78, 5) is 7.71. The highest BCUT2D eigenvalue weighted by Crippen LogP contribution is 1.93. The highest BCUT2D eigenvalue weighted by molar-refractivity contribution is 5.33. The summed E-state index contributed by atoms with van der Waals surface area (Å²) >= 11 is 0. The molecule has 1 aliphatic rings. The second-order valence-electron chi connectivity index (χ2n) is 2.82. The van der Waals surface area contributed by atoms with Gasteiger partial charge in [0.2, 0.25) is 0 Å². The predicted molar refractivity (Wildman–Crippen MR) is 56.7 cm³/mol. The number of nitrogens with zero attached hydrogens (tertiary/aromatic N) is 1. The first kappa shape index (κ1) is 10.0. The van der Waals surface area contributed by atoms with Crippen molar-refractivity contribution in [3.8, 4) is 0 Å². The lowest BCUT2D eigenvalue weighted by Gasteiger charge is -1.89. The summed E-state index contributed by atoms with van der Waals surface area (Å²) in [5.41, 5.74) is 0. The molecule has 0 aromatic carbocycles. The third kappa shape index (κ3) is 2.20. The zero-order valence-electron chi connectivity index (χ0n) is 8.72. The molecule has 13 heavy (non-hydrogen) atoms. The first-order valence-electron chi connectivity index (χ1n) is 5.15. The van der Waals surface area contributed by atoms with Crippen LogP contribution in [0.3, 0.4) is 0 Å². The van der Waals surface area contributed by atoms with Crippen LogP contribution in [0.2, 0.25) is 0 Å². The van der Waals surface area contributed by atoms with E-state index in [-0.39, 0.29) is 0 Å². The van der Waals surface area contributed by atoms with E-state index < -0.39 is 0 Å². The van der Waals surface area contributed by atoms with Gasteiger partial charge < -0.3 is 4.98 Å². The first-order chi connectivity index (χ1) is 6.40. The van der Waals surface area contributed by atoms with E-state index in [4.69, 9.17) is 0 Å². The van der Waals surface area contributed by atoms with Gasteiger partial charge in [-0.25, -0.2) is 4.98 Å². The van der Waals surface area contributed by atoms with Gasteiger partial charge in [0.05, 0.1) is 10.7 Å². The van der Waals surface area contributed by atoms with E-state index in [1.807, 2.05) is 13.8 Å². The maximum atomic E-state index is 4.43. The normalized spacial score (nSPS) is 13.2. The van der Waals surface area contributed by atoms with E-state index in [9.17, 15) is 0 Å². The Bertz CT molecular complexity index is 326. The number of aryl methyl sites for hydroxylation is 1. The average Bonchev–Trinajstić information content (AvgIpc) is 2.63. The van der Waals surface area contributed by atoms with Crippen LogP contribution in [0.1, 0.15) is 39.4 Å². The van der Waals surface area contributed by atoms with Crippen molar-refractivity contribution in [3.05, 3.63) is 16.5 Å². The lowest BCUT2D eigenvalue weighted by molar-refractivity contribution is 0.981. The zero-order chi connectivity index (χ0) is 9.68. The first-order valence-corrected chi connectivity index (χ1v) is 5.15. The number of hydrogen-bond donors (Lipinski definition) is 1. The lowest BCUT2D eigenvalue weighted by Crippen LogP contribution is -2.26. The van der Waals surface area contributed by atoms with Crippen LogP contribution in [0.15, 0.2) is 0 Å². The smallest absolute Gasteiger partial charge is 0.106 e. The van der Waals surface area contributed by atoms with Gasteiger partial charge in [-0.1, -0.05) is 32.9 Å². The predicted octanol–water partition coefficient (Wildman–Crippen LogP) is 1.35. The van der Waals surface area contributed by atoms with Crippen molar-refractivity contribution in [2.24, 2.45) is 0 Å². The van der Waals surface area contributed by atoms with E-state index in [0.717, 1.165) is 30.4 Å². The molecule has 72 valence electrons. The van der Waals surface area contributed by atoms with Gasteiger partial charge in [-0.05, 0) is 12.8 Å². The molecule has 0 aliphatic heterocycles. The minimum absolute atomic E-state index is 0.995. The minimum atomic E-state index is 0.995. The number of nitrogens with one attached hydrogen (secondary N) is 1. The second-order valence-corrected chi connectivity index (χ2v) is 2.82. The van der Waals surface area contributed by atoms with Crippen molar-refractivity contribution in [1.29, 1.82) is 0 Å². The molecular weight excluding hydrogens is 160 g/mol. The number of fused-ring (bicyclic) bond motifs is 1. The summed E-state index contributed by atoms with van der Waals surface area (Å²) in [6, 6.07) is 0. The molecule has 2 nitrogen and oxygen atoms in total. The fraction of sp³-hybridized carbons (Fsp3) is 0.545. The third-order valence-corrected chi connectivity index (χ3v) is 2.00. The molecule has 0 bridgehead atoms. The van der Waals surface area contributed by atoms with Crippen LogP contribution < -0.4 is 10.7 Å². The molecule has 1 aromatic rings. The Labute approximate surface area is 79.4 Å². The lowest BCUT2D eigenvalue weighted by atomic mass is 10.2. The van der Waals surface area contributed by atoms with Gasteiger partial charge in [-0.3, -0.25) is 0 Å². The molecule has 0 radical (unpaired) electrons. The van der Waals surface area contributed by atoms with Crippen molar-refractivity contribution in [2.45, 2.75) is 40.0 Å². The molecule has 0 saturated carbocycles. The third-order valence-electron chi connectivity index (χ3n) is 2.00. The number of hydrogen-bond acceptors (Lipinski definition) is 1. The fourth-order valence-electron chi connectivity index (χ4n) is 1.38. The quantitative estimate of drug-likeness (QED) is 0.691. The molecular formula is C11H18N2. The van der Waals surface area contributed by atoms with Crippen molar-refractivity contribution in [1.82, 2.24) is 9.97 Å². The second kappa shape index (κ2) is 4.85. The molecule has 0 amide bonds. The molecule has 0 saturated heterocycles.